The van der Waals surface area contributed by atoms with E-state index in [4.69, 9.17) is 28.9 Å². The topological polar surface area (TPSA) is 65.2 Å². The van der Waals surface area contributed by atoms with Crippen LogP contribution in [0.25, 0.3) is 10.6 Å². The second-order valence-electron chi connectivity index (χ2n) is 3.35. The maximum absolute atomic E-state index is 11.5. The van der Waals surface area contributed by atoms with Crippen molar-refractivity contribution in [2.45, 2.75) is 0 Å². The smallest absolute Gasteiger partial charge is 0.358 e. The molecule has 0 unspecified atom stereocenters. The van der Waals surface area contributed by atoms with Crippen LogP contribution in [-0.4, -0.2) is 18.1 Å². The van der Waals surface area contributed by atoms with Gasteiger partial charge in [0.2, 0.25) is 0 Å². The Morgan fingerprint density at radius 1 is 1.44 bits per heavy atom. The van der Waals surface area contributed by atoms with E-state index < -0.39 is 5.97 Å². The quantitative estimate of drug-likeness (QED) is 0.863. The van der Waals surface area contributed by atoms with Crippen LogP contribution >= 0.6 is 34.5 Å². The molecule has 2 aromatic rings. The molecule has 0 fully saturated rings. The average molecular weight is 303 g/mol. The van der Waals surface area contributed by atoms with Gasteiger partial charge < -0.3 is 10.5 Å². The summed E-state index contributed by atoms with van der Waals surface area (Å²) in [6.07, 6.45) is 0. The number of pyridine rings is 1. The first-order chi connectivity index (χ1) is 8.52. The predicted molar refractivity (Wildman–Crippen MR) is 73.3 cm³/mol. The highest BCUT2D eigenvalue weighted by Gasteiger charge is 2.18. The number of ether oxygens (including phenoxy) is 1. The van der Waals surface area contributed by atoms with Gasteiger partial charge in [-0.2, -0.15) is 0 Å². The molecule has 0 aliphatic heterocycles. The number of hydrogen-bond acceptors (Lipinski definition) is 5. The Hall–Kier alpha value is -1.30. The molecule has 0 radical (unpaired) electrons. The van der Waals surface area contributed by atoms with Crippen molar-refractivity contribution in [2.75, 3.05) is 12.8 Å². The number of nitrogen functional groups attached to an aromatic ring is 1. The van der Waals surface area contributed by atoms with Crippen LogP contribution < -0.4 is 5.73 Å². The van der Waals surface area contributed by atoms with Crippen LogP contribution in [0.1, 0.15) is 10.5 Å². The lowest BCUT2D eigenvalue weighted by atomic mass is 10.2. The number of carbonyl (C=O) groups is 1. The predicted octanol–water partition coefficient (Wildman–Crippen LogP) is 3.49. The van der Waals surface area contributed by atoms with Crippen molar-refractivity contribution in [1.29, 1.82) is 0 Å². The maximum Gasteiger partial charge on any atom is 0.358 e. The van der Waals surface area contributed by atoms with Gasteiger partial charge >= 0.3 is 5.97 Å². The Bertz CT molecular complexity index is 613. The first kappa shape index (κ1) is 13.1. The lowest BCUT2D eigenvalue weighted by Gasteiger charge is -2.06. The highest BCUT2D eigenvalue weighted by atomic mass is 35.5. The molecule has 0 aliphatic carbocycles. The van der Waals surface area contributed by atoms with Gasteiger partial charge in [-0.25, -0.2) is 9.78 Å². The van der Waals surface area contributed by atoms with Gasteiger partial charge in [0.1, 0.15) is 0 Å². The van der Waals surface area contributed by atoms with Crippen LogP contribution in [0.4, 0.5) is 5.69 Å². The summed E-state index contributed by atoms with van der Waals surface area (Å²) in [5, 5.41) is 0.0910. The molecule has 4 nitrogen and oxygen atoms in total. The van der Waals surface area contributed by atoms with E-state index >= 15 is 0 Å². The molecule has 0 bridgehead atoms. The van der Waals surface area contributed by atoms with Gasteiger partial charge in [0.15, 0.2) is 5.69 Å². The van der Waals surface area contributed by atoms with E-state index in [0.717, 1.165) is 4.88 Å². The fourth-order valence-corrected chi connectivity index (χ4v) is 2.54. The van der Waals surface area contributed by atoms with Crippen LogP contribution in [-0.2, 0) is 4.74 Å². The minimum atomic E-state index is -0.629. The van der Waals surface area contributed by atoms with Crippen LogP contribution in [0.5, 0.6) is 0 Å². The van der Waals surface area contributed by atoms with Crippen LogP contribution in [0.3, 0.4) is 0 Å². The molecule has 2 aromatic heterocycles. The number of carbonyl (C=O) groups excluding carboxylic acids is 1. The van der Waals surface area contributed by atoms with Gasteiger partial charge in [-0.3, -0.25) is 0 Å². The number of hydrogen-bond donors (Lipinski definition) is 1. The molecule has 2 N–H and O–H groups in total. The summed E-state index contributed by atoms with van der Waals surface area (Å²) < 4.78 is 5.23. The van der Waals surface area contributed by atoms with Crippen LogP contribution in [0.15, 0.2) is 18.2 Å². The number of esters is 1. The van der Waals surface area contributed by atoms with Crippen LogP contribution in [0.2, 0.25) is 9.36 Å². The number of thiophene rings is 1. The van der Waals surface area contributed by atoms with E-state index in [2.05, 4.69) is 9.72 Å². The number of rotatable bonds is 2. The maximum atomic E-state index is 11.5. The van der Waals surface area contributed by atoms with Gasteiger partial charge in [0.05, 0.1) is 32.7 Å². The molecule has 0 saturated carbocycles. The first-order valence-corrected chi connectivity index (χ1v) is 6.40. The van der Waals surface area contributed by atoms with Crippen molar-refractivity contribution in [3.63, 3.8) is 0 Å². The number of anilines is 1. The van der Waals surface area contributed by atoms with Gasteiger partial charge in [-0.05, 0) is 18.2 Å². The molecule has 0 aromatic carbocycles. The molecule has 0 amide bonds. The van der Waals surface area contributed by atoms with Crippen molar-refractivity contribution in [2.24, 2.45) is 0 Å². The number of methoxy groups -OCH3 is 1. The minimum Gasteiger partial charge on any atom is -0.464 e. The Morgan fingerprint density at radius 2 is 2.17 bits per heavy atom. The largest absolute Gasteiger partial charge is 0.464 e. The number of halogens is 2. The lowest BCUT2D eigenvalue weighted by molar-refractivity contribution is 0.0594. The summed E-state index contributed by atoms with van der Waals surface area (Å²) in [5.74, 6) is -0.629. The Kier molecular flexibility index (Phi) is 3.75. The molecular weight excluding hydrogens is 295 g/mol. The van der Waals surface area contributed by atoms with Gasteiger partial charge in [0, 0.05) is 0 Å². The lowest BCUT2D eigenvalue weighted by Crippen LogP contribution is -2.07. The minimum absolute atomic E-state index is 0.00121. The molecule has 2 heterocycles. The van der Waals surface area contributed by atoms with Crippen molar-refractivity contribution >= 4 is 46.2 Å². The van der Waals surface area contributed by atoms with Crippen molar-refractivity contribution in [1.82, 2.24) is 4.98 Å². The Morgan fingerprint density at radius 3 is 2.72 bits per heavy atom. The molecule has 18 heavy (non-hydrogen) atoms. The summed E-state index contributed by atoms with van der Waals surface area (Å²) in [7, 11) is 1.26. The van der Waals surface area contributed by atoms with Crippen molar-refractivity contribution in [3.8, 4) is 10.6 Å². The first-order valence-electron chi connectivity index (χ1n) is 4.83. The van der Waals surface area contributed by atoms with E-state index in [0.29, 0.717) is 10.0 Å². The summed E-state index contributed by atoms with van der Waals surface area (Å²) in [6, 6.07) is 5.13. The van der Waals surface area contributed by atoms with Crippen LogP contribution in [0, 0.1) is 0 Å². The molecule has 94 valence electrons. The summed E-state index contributed by atoms with van der Waals surface area (Å²) >= 11 is 13.1. The Balaban J connectivity index is 2.57. The van der Waals surface area contributed by atoms with E-state index in [1.807, 2.05) is 0 Å². The highest BCUT2D eigenvalue weighted by Crippen LogP contribution is 2.33. The summed E-state index contributed by atoms with van der Waals surface area (Å²) in [6.45, 7) is 0. The van der Waals surface area contributed by atoms with E-state index in [9.17, 15) is 4.79 Å². The zero-order valence-electron chi connectivity index (χ0n) is 9.24. The van der Waals surface area contributed by atoms with Gasteiger partial charge in [-0.1, -0.05) is 23.2 Å². The third kappa shape index (κ3) is 2.43. The fourth-order valence-electron chi connectivity index (χ4n) is 1.36. The monoisotopic (exact) mass is 302 g/mol. The normalized spacial score (nSPS) is 10.4. The fraction of sp³-hybridized carbons (Fsp3) is 0.0909. The standard InChI is InChI=1S/C11H8Cl2N2O2S/c1-17-11(16)10-9(13)5(14)4-6(15-10)7-2-3-8(12)18-7/h2-4H,1H3,(H2,14,15). The number of aromatic nitrogens is 1. The van der Waals surface area contributed by atoms with Crippen molar-refractivity contribution in [3.05, 3.63) is 33.3 Å². The summed E-state index contributed by atoms with van der Waals surface area (Å²) in [5.41, 5.74) is 6.56. The molecule has 0 saturated heterocycles. The molecule has 7 heteroatoms. The van der Waals surface area contributed by atoms with Gasteiger partial charge in [-0.15, -0.1) is 11.3 Å². The molecule has 0 spiro atoms. The third-order valence-corrected chi connectivity index (χ3v) is 3.84. The second kappa shape index (κ2) is 5.14. The third-order valence-electron chi connectivity index (χ3n) is 2.19. The average Bonchev–Trinajstić information content (AvgIpc) is 2.78. The zero-order valence-corrected chi connectivity index (χ0v) is 11.6. The zero-order chi connectivity index (χ0) is 13.3. The molecular formula is C11H8Cl2N2O2S. The van der Waals surface area contributed by atoms with Gasteiger partial charge in [0.25, 0.3) is 0 Å². The molecule has 0 aliphatic rings. The van der Waals surface area contributed by atoms with Crippen molar-refractivity contribution < 1.29 is 9.53 Å². The Labute approximate surface area is 117 Å². The summed E-state index contributed by atoms with van der Waals surface area (Å²) in [4.78, 5) is 16.5. The van der Waals surface area contributed by atoms with E-state index in [-0.39, 0.29) is 16.4 Å². The second-order valence-corrected chi connectivity index (χ2v) is 5.45. The number of nitrogens with zero attached hydrogens (tertiary/aromatic N) is 1. The highest BCUT2D eigenvalue weighted by molar-refractivity contribution is 7.19. The SMILES string of the molecule is COC(=O)c1nc(-c2ccc(Cl)s2)cc(N)c1Cl. The molecule has 0 atom stereocenters. The number of nitrogens with two attached hydrogens (primary N) is 1. The molecule has 2 rings (SSSR count). The van der Waals surface area contributed by atoms with E-state index in [1.165, 1.54) is 18.4 Å². The van der Waals surface area contributed by atoms with E-state index in [1.54, 1.807) is 18.2 Å².